The third-order valence-corrected chi connectivity index (χ3v) is 3.83. The molecule has 0 aliphatic carbocycles. The number of carbonyl (C=O) groups excluding carboxylic acids is 1. The molecule has 2 rings (SSSR count). The van der Waals surface area contributed by atoms with Gasteiger partial charge in [0.2, 0.25) is 0 Å². The molecule has 116 valence electrons. The molecule has 7 nitrogen and oxygen atoms in total. The summed E-state index contributed by atoms with van der Waals surface area (Å²) in [5.74, 6) is -1.76. The van der Waals surface area contributed by atoms with E-state index in [1.54, 1.807) is 0 Å². The normalized spacial score (nSPS) is 11.3. The quantitative estimate of drug-likeness (QED) is 0.494. The number of carbonyl (C=O) groups is 1. The van der Waals surface area contributed by atoms with Gasteiger partial charge in [0.15, 0.2) is 5.78 Å². The van der Waals surface area contributed by atoms with E-state index in [2.05, 4.69) is 0 Å². The van der Waals surface area contributed by atoms with Crippen molar-refractivity contribution in [2.24, 2.45) is 0 Å². The number of phenolic OH excluding ortho intramolecular Hbond substituents is 3. The van der Waals surface area contributed by atoms with Crippen LogP contribution in [0.2, 0.25) is 0 Å². The molecular formula is C14H12O7S. The molecule has 0 aromatic heterocycles. The fraction of sp³-hybridized carbons (Fsp3) is 0.0714. The van der Waals surface area contributed by atoms with Crippen molar-refractivity contribution in [3.05, 3.63) is 47.5 Å². The van der Waals surface area contributed by atoms with Crippen molar-refractivity contribution in [3.63, 3.8) is 0 Å². The topological polar surface area (TPSA) is 132 Å². The lowest BCUT2D eigenvalue weighted by Gasteiger charge is -2.07. The smallest absolute Gasteiger partial charge is 0.298 e. The molecule has 0 saturated carbocycles. The molecule has 0 radical (unpaired) electrons. The second-order valence-electron chi connectivity index (χ2n) is 4.58. The Bertz CT molecular complexity index is 840. The first-order chi connectivity index (χ1) is 10.2. The first-order valence-electron chi connectivity index (χ1n) is 6.03. The summed E-state index contributed by atoms with van der Waals surface area (Å²) >= 11 is 0. The van der Waals surface area contributed by atoms with Crippen LogP contribution in [0.5, 0.6) is 17.2 Å². The molecule has 0 unspecified atom stereocenters. The molecule has 22 heavy (non-hydrogen) atoms. The van der Waals surface area contributed by atoms with Crippen LogP contribution in [0.4, 0.5) is 0 Å². The second kappa shape index (κ2) is 5.66. The van der Waals surface area contributed by atoms with E-state index in [1.807, 2.05) is 0 Å². The van der Waals surface area contributed by atoms with E-state index in [9.17, 15) is 28.5 Å². The van der Waals surface area contributed by atoms with E-state index in [-0.39, 0.29) is 23.3 Å². The molecule has 0 spiro atoms. The molecule has 2 aromatic carbocycles. The second-order valence-corrected chi connectivity index (χ2v) is 5.97. The SMILES string of the molecule is O=C(Cc1ccc(O)c(S(=O)(=O)O)c1)c1ccc(O)cc1O. The predicted molar refractivity (Wildman–Crippen MR) is 75.7 cm³/mol. The molecule has 0 atom stereocenters. The highest BCUT2D eigenvalue weighted by Crippen LogP contribution is 2.26. The summed E-state index contributed by atoms with van der Waals surface area (Å²) in [6.07, 6.45) is -0.263. The van der Waals surface area contributed by atoms with E-state index in [0.29, 0.717) is 0 Å². The minimum absolute atomic E-state index is 0.0423. The van der Waals surface area contributed by atoms with Gasteiger partial charge in [-0.1, -0.05) is 6.07 Å². The highest BCUT2D eigenvalue weighted by atomic mass is 32.2. The minimum atomic E-state index is -4.61. The van der Waals surface area contributed by atoms with Crippen molar-refractivity contribution < 1.29 is 33.1 Å². The fourth-order valence-corrected chi connectivity index (χ4v) is 2.54. The van der Waals surface area contributed by atoms with Gasteiger partial charge in [-0.2, -0.15) is 8.42 Å². The zero-order valence-corrected chi connectivity index (χ0v) is 11.9. The first kappa shape index (κ1) is 15.8. The maximum atomic E-state index is 12.1. The molecule has 0 saturated heterocycles. The van der Waals surface area contributed by atoms with Crippen molar-refractivity contribution in [1.82, 2.24) is 0 Å². The van der Waals surface area contributed by atoms with Crippen LogP contribution in [-0.4, -0.2) is 34.1 Å². The summed E-state index contributed by atoms with van der Waals surface area (Å²) in [4.78, 5) is 11.4. The summed E-state index contributed by atoms with van der Waals surface area (Å²) in [5, 5.41) is 28.2. The van der Waals surface area contributed by atoms with Crippen LogP contribution < -0.4 is 0 Å². The highest BCUT2D eigenvalue weighted by Gasteiger charge is 2.18. The number of aromatic hydroxyl groups is 3. The molecule has 0 amide bonds. The summed E-state index contributed by atoms with van der Waals surface area (Å²) in [5.41, 5.74) is 0.183. The molecule has 0 bridgehead atoms. The maximum absolute atomic E-state index is 12.1. The number of hydrogen-bond donors (Lipinski definition) is 4. The van der Waals surface area contributed by atoms with Gasteiger partial charge in [0.05, 0.1) is 5.56 Å². The third-order valence-electron chi connectivity index (χ3n) is 2.95. The average molecular weight is 324 g/mol. The zero-order valence-electron chi connectivity index (χ0n) is 11.1. The van der Waals surface area contributed by atoms with Gasteiger partial charge in [-0.25, -0.2) is 0 Å². The van der Waals surface area contributed by atoms with Crippen LogP contribution in [0, 0.1) is 0 Å². The molecule has 0 aliphatic rings. The molecule has 0 heterocycles. The molecule has 2 aromatic rings. The van der Waals surface area contributed by atoms with Crippen molar-refractivity contribution in [2.45, 2.75) is 11.3 Å². The van der Waals surface area contributed by atoms with E-state index >= 15 is 0 Å². The van der Waals surface area contributed by atoms with Gasteiger partial charge in [-0.05, 0) is 29.8 Å². The standard InChI is InChI=1S/C14H12O7S/c15-9-2-3-10(13(18)7-9)12(17)5-8-1-4-11(16)14(6-8)22(19,20)21/h1-4,6-7,15-16,18H,5H2,(H,19,20,21). The Labute approximate surface area is 125 Å². The van der Waals surface area contributed by atoms with Gasteiger partial charge in [0.25, 0.3) is 10.1 Å². The van der Waals surface area contributed by atoms with Gasteiger partial charge in [-0.15, -0.1) is 0 Å². The summed E-state index contributed by atoms with van der Waals surface area (Å²) in [7, 11) is -4.61. The number of ketones is 1. The van der Waals surface area contributed by atoms with Crippen LogP contribution in [0.3, 0.4) is 0 Å². The maximum Gasteiger partial charge on any atom is 0.298 e. The Morgan fingerprint density at radius 1 is 0.955 bits per heavy atom. The first-order valence-corrected chi connectivity index (χ1v) is 7.47. The van der Waals surface area contributed by atoms with E-state index in [1.165, 1.54) is 18.2 Å². The molecule has 0 aliphatic heterocycles. The number of phenols is 3. The lowest BCUT2D eigenvalue weighted by atomic mass is 10.0. The van der Waals surface area contributed by atoms with Crippen molar-refractivity contribution >= 4 is 15.9 Å². The largest absolute Gasteiger partial charge is 0.508 e. The fourth-order valence-electron chi connectivity index (χ4n) is 1.91. The van der Waals surface area contributed by atoms with E-state index < -0.39 is 32.3 Å². The van der Waals surface area contributed by atoms with Crippen LogP contribution in [0.25, 0.3) is 0 Å². The molecular weight excluding hydrogens is 312 g/mol. The van der Waals surface area contributed by atoms with Crippen LogP contribution in [-0.2, 0) is 16.5 Å². The summed E-state index contributed by atoms with van der Waals surface area (Å²) in [6.45, 7) is 0. The van der Waals surface area contributed by atoms with Crippen LogP contribution in [0.1, 0.15) is 15.9 Å². The summed E-state index contributed by atoms with van der Waals surface area (Å²) < 4.78 is 31.2. The number of Topliss-reactive ketones (excluding diaryl/α,β-unsaturated/α-hetero) is 1. The van der Waals surface area contributed by atoms with Crippen molar-refractivity contribution in [2.75, 3.05) is 0 Å². The Morgan fingerprint density at radius 3 is 2.23 bits per heavy atom. The summed E-state index contributed by atoms with van der Waals surface area (Å²) in [6, 6.07) is 6.81. The predicted octanol–water partition coefficient (Wildman–Crippen LogP) is 1.48. The van der Waals surface area contributed by atoms with Crippen molar-refractivity contribution in [1.29, 1.82) is 0 Å². The monoisotopic (exact) mass is 324 g/mol. The average Bonchev–Trinajstić information content (AvgIpc) is 2.39. The zero-order chi connectivity index (χ0) is 16.5. The van der Waals surface area contributed by atoms with Crippen LogP contribution in [0.15, 0.2) is 41.3 Å². The lowest BCUT2D eigenvalue weighted by molar-refractivity contribution is 0.0990. The number of rotatable bonds is 4. The molecule has 0 fully saturated rings. The Morgan fingerprint density at radius 2 is 1.64 bits per heavy atom. The molecule has 8 heteroatoms. The minimum Gasteiger partial charge on any atom is -0.508 e. The van der Waals surface area contributed by atoms with Gasteiger partial charge >= 0.3 is 0 Å². The van der Waals surface area contributed by atoms with Gasteiger partial charge in [0.1, 0.15) is 22.1 Å². The van der Waals surface area contributed by atoms with Crippen molar-refractivity contribution in [3.8, 4) is 17.2 Å². The Kier molecular flexibility index (Phi) is 4.07. The van der Waals surface area contributed by atoms with Gasteiger partial charge in [-0.3, -0.25) is 9.35 Å². The lowest BCUT2D eigenvalue weighted by Crippen LogP contribution is -2.06. The number of benzene rings is 2. The Balaban J connectivity index is 2.33. The van der Waals surface area contributed by atoms with E-state index in [4.69, 9.17) is 4.55 Å². The van der Waals surface area contributed by atoms with Gasteiger partial charge in [0, 0.05) is 12.5 Å². The van der Waals surface area contributed by atoms with Crippen LogP contribution >= 0.6 is 0 Å². The highest BCUT2D eigenvalue weighted by molar-refractivity contribution is 7.86. The third kappa shape index (κ3) is 3.35. The number of hydrogen-bond acceptors (Lipinski definition) is 6. The Hall–Kier alpha value is -2.58. The van der Waals surface area contributed by atoms with Gasteiger partial charge < -0.3 is 15.3 Å². The van der Waals surface area contributed by atoms with E-state index in [0.717, 1.165) is 18.2 Å². The molecule has 4 N–H and O–H groups in total.